The first kappa shape index (κ1) is 34.4. The van der Waals surface area contributed by atoms with Gasteiger partial charge >= 0.3 is 0 Å². The standard InChI is InChI=1S/C41H58N8O2/c1-24(2)18-36(50)48-14-6-8-34(48)40-42-22-31(45-40)27-12-16-47(17-13-27)33-11-10-28(38-29-20-26(5)21-30(44-29)39(33)38)32-23-43-41(46-32)35-9-7-15-49(35)37(51)19-25(3)4/h10-11,22-27,29-30,34-35,44H,6-9,12-21H2,1-5H3,(H,42,45)(H,43,46). The van der Waals surface area contributed by atoms with E-state index in [1.54, 1.807) is 0 Å². The van der Waals surface area contributed by atoms with Crippen molar-refractivity contribution >= 4 is 17.5 Å². The predicted molar refractivity (Wildman–Crippen MR) is 200 cm³/mol. The lowest BCUT2D eigenvalue weighted by Gasteiger charge is -2.35. The monoisotopic (exact) mass is 694 g/mol. The van der Waals surface area contributed by atoms with Crippen LogP contribution < -0.4 is 10.2 Å². The predicted octanol–water partition coefficient (Wildman–Crippen LogP) is 7.72. The number of imidazole rings is 2. The zero-order chi connectivity index (χ0) is 35.4. The number of benzene rings is 1. The van der Waals surface area contributed by atoms with Gasteiger partial charge in [0.2, 0.25) is 11.8 Å². The molecule has 0 radical (unpaired) electrons. The molecule has 1 aromatic carbocycles. The van der Waals surface area contributed by atoms with Gasteiger partial charge in [-0.2, -0.15) is 0 Å². The highest BCUT2D eigenvalue weighted by atomic mass is 16.2. The van der Waals surface area contributed by atoms with Crippen molar-refractivity contribution in [2.45, 2.75) is 129 Å². The zero-order valence-corrected chi connectivity index (χ0v) is 31.4. The Balaban J connectivity index is 1.00. The third-order valence-electron chi connectivity index (χ3n) is 12.4. The Hall–Kier alpha value is -3.66. The maximum absolute atomic E-state index is 13.1. The molecule has 7 heterocycles. The van der Waals surface area contributed by atoms with Crippen LogP contribution in [0.4, 0.5) is 5.69 Å². The molecule has 5 unspecified atom stereocenters. The van der Waals surface area contributed by atoms with Gasteiger partial charge in [0.25, 0.3) is 0 Å². The number of amides is 2. The molecule has 51 heavy (non-hydrogen) atoms. The number of H-pyrrole nitrogens is 2. The molecule has 4 fully saturated rings. The van der Waals surface area contributed by atoms with Gasteiger partial charge in [0.05, 0.1) is 24.0 Å². The van der Waals surface area contributed by atoms with Gasteiger partial charge in [-0.05, 0) is 86.3 Å². The Labute approximate surface area is 303 Å². The normalized spacial score (nSPS) is 26.6. The van der Waals surface area contributed by atoms with E-state index in [-0.39, 0.29) is 23.9 Å². The number of rotatable bonds is 9. The number of nitrogens with one attached hydrogen (secondary N) is 3. The Bertz CT molecular complexity index is 1730. The zero-order valence-electron chi connectivity index (χ0n) is 31.4. The van der Waals surface area contributed by atoms with Crippen molar-refractivity contribution in [3.63, 3.8) is 0 Å². The first-order valence-corrected chi connectivity index (χ1v) is 20.0. The summed E-state index contributed by atoms with van der Waals surface area (Å²) in [6.07, 6.45) is 13.7. The van der Waals surface area contributed by atoms with Gasteiger partial charge in [0.1, 0.15) is 11.6 Å². The summed E-state index contributed by atoms with van der Waals surface area (Å²) in [6, 6.07) is 5.52. The first-order valence-electron chi connectivity index (χ1n) is 20.0. The molecule has 2 bridgehead atoms. The average molecular weight is 695 g/mol. The fourth-order valence-corrected chi connectivity index (χ4v) is 9.99. The first-order chi connectivity index (χ1) is 24.6. The maximum atomic E-state index is 13.1. The number of aromatic amines is 2. The summed E-state index contributed by atoms with van der Waals surface area (Å²) in [5.74, 6) is 4.22. The second-order valence-electron chi connectivity index (χ2n) is 17.2. The van der Waals surface area contributed by atoms with Crippen LogP contribution in [0.1, 0.15) is 157 Å². The molecule has 0 saturated carbocycles. The number of fused-ring (bicyclic) bond motifs is 5. The summed E-state index contributed by atoms with van der Waals surface area (Å²) >= 11 is 0. The minimum absolute atomic E-state index is 0.0337. The fourth-order valence-electron chi connectivity index (χ4n) is 9.99. The topological polar surface area (TPSA) is 113 Å². The van der Waals surface area contributed by atoms with Gasteiger partial charge in [-0.1, -0.05) is 40.7 Å². The van der Waals surface area contributed by atoms with E-state index in [0.717, 1.165) is 94.9 Å². The summed E-state index contributed by atoms with van der Waals surface area (Å²) < 4.78 is 0. The van der Waals surface area contributed by atoms with Crippen molar-refractivity contribution in [1.29, 1.82) is 0 Å². The second-order valence-corrected chi connectivity index (χ2v) is 17.2. The number of hydrogen-bond donors (Lipinski definition) is 3. The van der Waals surface area contributed by atoms with Gasteiger partial charge in [0, 0.05) is 80.2 Å². The summed E-state index contributed by atoms with van der Waals surface area (Å²) in [7, 11) is 0. The number of carbonyl (C=O) groups is 2. The minimum Gasteiger partial charge on any atom is -0.371 e. The molecule has 0 aliphatic carbocycles. The van der Waals surface area contributed by atoms with Gasteiger partial charge < -0.3 is 30.0 Å². The molecule has 8 rings (SSSR count). The number of aromatic nitrogens is 4. The van der Waals surface area contributed by atoms with Gasteiger partial charge in [0.15, 0.2) is 0 Å². The number of hydrogen-bond acceptors (Lipinski definition) is 6. The Kier molecular flexibility index (Phi) is 9.48. The van der Waals surface area contributed by atoms with Crippen molar-refractivity contribution in [2.75, 3.05) is 31.1 Å². The molecule has 274 valence electrons. The van der Waals surface area contributed by atoms with Crippen LogP contribution in [0.5, 0.6) is 0 Å². The summed E-state index contributed by atoms with van der Waals surface area (Å²) in [5.41, 5.74) is 7.87. The number of piperidine rings is 2. The van der Waals surface area contributed by atoms with Crippen molar-refractivity contribution in [2.24, 2.45) is 17.8 Å². The van der Waals surface area contributed by atoms with Crippen LogP contribution >= 0.6 is 0 Å². The summed E-state index contributed by atoms with van der Waals surface area (Å²) in [6.45, 7) is 14.5. The van der Waals surface area contributed by atoms with Crippen LogP contribution in [0.25, 0.3) is 11.3 Å². The quantitative estimate of drug-likeness (QED) is 0.212. The maximum Gasteiger partial charge on any atom is 0.223 e. The molecular weight excluding hydrogens is 637 g/mol. The van der Waals surface area contributed by atoms with Gasteiger partial charge in [-0.15, -0.1) is 0 Å². The number of anilines is 1. The molecule has 5 atom stereocenters. The van der Waals surface area contributed by atoms with Crippen molar-refractivity contribution in [3.8, 4) is 11.3 Å². The van der Waals surface area contributed by atoms with Crippen LogP contribution in [0, 0.1) is 17.8 Å². The van der Waals surface area contributed by atoms with Crippen molar-refractivity contribution in [3.05, 3.63) is 53.0 Å². The molecule has 5 aliphatic rings. The van der Waals surface area contributed by atoms with Gasteiger partial charge in [-0.3, -0.25) is 9.59 Å². The highest BCUT2D eigenvalue weighted by molar-refractivity contribution is 5.78. The van der Waals surface area contributed by atoms with Crippen LogP contribution in [-0.4, -0.2) is 67.7 Å². The molecule has 2 aromatic heterocycles. The molecule has 4 saturated heterocycles. The van der Waals surface area contributed by atoms with E-state index >= 15 is 0 Å². The Morgan fingerprint density at radius 3 is 1.98 bits per heavy atom. The average Bonchev–Trinajstić information content (AvgIpc) is 3.94. The third-order valence-corrected chi connectivity index (χ3v) is 12.4. The molecule has 5 aliphatic heterocycles. The summed E-state index contributed by atoms with van der Waals surface area (Å²) in [5, 5.41) is 4.01. The lowest BCUT2D eigenvalue weighted by Crippen LogP contribution is -2.34. The lowest BCUT2D eigenvalue weighted by molar-refractivity contribution is -0.133. The van der Waals surface area contributed by atoms with Crippen LogP contribution in [0.15, 0.2) is 24.5 Å². The van der Waals surface area contributed by atoms with Crippen LogP contribution in [0.3, 0.4) is 0 Å². The second kappa shape index (κ2) is 14.1. The molecule has 3 N–H and O–H groups in total. The smallest absolute Gasteiger partial charge is 0.223 e. The molecule has 2 amide bonds. The largest absolute Gasteiger partial charge is 0.371 e. The molecular formula is C41H58N8O2. The van der Waals surface area contributed by atoms with Crippen LogP contribution in [-0.2, 0) is 9.59 Å². The number of carbonyl (C=O) groups excluding carboxylic acids is 2. The van der Waals surface area contributed by atoms with E-state index in [4.69, 9.17) is 9.97 Å². The van der Waals surface area contributed by atoms with E-state index in [0.29, 0.717) is 48.6 Å². The summed E-state index contributed by atoms with van der Waals surface area (Å²) in [4.78, 5) is 49.9. The fraction of sp³-hybridized carbons (Fsp3) is 0.659. The van der Waals surface area contributed by atoms with E-state index in [1.807, 2.05) is 12.4 Å². The van der Waals surface area contributed by atoms with E-state index < -0.39 is 0 Å². The van der Waals surface area contributed by atoms with Crippen LogP contribution in [0.2, 0.25) is 0 Å². The van der Waals surface area contributed by atoms with Crippen molar-refractivity contribution in [1.82, 2.24) is 35.1 Å². The minimum atomic E-state index is 0.0337. The number of nitrogens with zero attached hydrogens (tertiary/aromatic N) is 5. The van der Waals surface area contributed by atoms with E-state index in [9.17, 15) is 9.59 Å². The highest BCUT2D eigenvalue weighted by Gasteiger charge is 2.42. The Morgan fingerprint density at radius 2 is 1.35 bits per heavy atom. The molecule has 0 spiro atoms. The third kappa shape index (κ3) is 6.62. The molecule has 3 aromatic rings. The highest BCUT2D eigenvalue weighted by Crippen LogP contribution is 2.52. The van der Waals surface area contributed by atoms with E-state index in [2.05, 4.69) is 76.7 Å². The van der Waals surface area contributed by atoms with E-state index in [1.165, 1.54) is 28.1 Å². The van der Waals surface area contributed by atoms with Crippen molar-refractivity contribution < 1.29 is 9.59 Å². The SMILES string of the molecule is CC(C)CC(=O)N1CCCC1c1ncc(-c2ccc(N3CCC(c4cnc(C5CCCN5C(=O)CC(C)C)[nH]4)CC3)c3c2C2CC(C)CC3N2)[nH]1. The molecule has 10 heteroatoms. The van der Waals surface area contributed by atoms with Gasteiger partial charge in [-0.25, -0.2) is 9.97 Å². The molecule has 10 nitrogen and oxygen atoms in total. The Morgan fingerprint density at radius 1 is 0.765 bits per heavy atom. The lowest BCUT2D eigenvalue weighted by atomic mass is 9.90. The number of likely N-dealkylation sites (tertiary alicyclic amines) is 2.